The van der Waals surface area contributed by atoms with Gasteiger partial charge in [-0.2, -0.15) is 0 Å². The quantitative estimate of drug-likeness (QED) is 0.823. The van der Waals surface area contributed by atoms with E-state index in [0.29, 0.717) is 12.2 Å². The van der Waals surface area contributed by atoms with Gasteiger partial charge < -0.3 is 10.1 Å². The summed E-state index contributed by atoms with van der Waals surface area (Å²) in [4.78, 5) is 12.4. The highest BCUT2D eigenvalue weighted by atomic mass is 32.2. The fraction of sp³-hybridized carbons (Fsp3) is 0.316. The number of aryl methyl sites for hydroxylation is 1. The number of rotatable bonds is 7. The molecule has 1 amide bonds. The molecule has 0 aromatic heterocycles. The molecule has 25 heavy (non-hydrogen) atoms. The summed E-state index contributed by atoms with van der Waals surface area (Å²) in [6.45, 7) is 3.85. The molecule has 0 radical (unpaired) electrons. The number of benzene rings is 2. The standard InChI is InChI=1S/C19H23NO4S/c1-4-18(15-8-10-17(11-9-15)25(3,22)23)20-19(21)13-24-16-7-5-6-14(2)12-16/h5-12,18H,4,13H2,1-3H3,(H,20,21)/t18-/m0/s1. The van der Waals surface area contributed by atoms with Crippen LogP contribution in [0, 0.1) is 6.92 Å². The lowest BCUT2D eigenvalue weighted by molar-refractivity contribution is -0.123. The van der Waals surface area contributed by atoms with E-state index in [1.54, 1.807) is 24.3 Å². The maximum absolute atomic E-state index is 12.1. The normalized spacial score (nSPS) is 12.4. The van der Waals surface area contributed by atoms with Crippen LogP contribution in [-0.2, 0) is 14.6 Å². The Bertz CT molecular complexity index is 829. The average molecular weight is 361 g/mol. The summed E-state index contributed by atoms with van der Waals surface area (Å²) in [5.41, 5.74) is 1.93. The van der Waals surface area contributed by atoms with Crippen LogP contribution in [0.3, 0.4) is 0 Å². The lowest BCUT2D eigenvalue weighted by Crippen LogP contribution is -2.32. The van der Waals surface area contributed by atoms with Gasteiger partial charge in [-0.05, 0) is 48.7 Å². The number of amides is 1. The number of nitrogens with one attached hydrogen (secondary N) is 1. The molecule has 0 bridgehead atoms. The first-order valence-corrected chi connectivity index (χ1v) is 9.97. The second-order valence-corrected chi connectivity index (χ2v) is 7.99. The van der Waals surface area contributed by atoms with Crippen molar-refractivity contribution in [3.05, 3.63) is 59.7 Å². The number of hydrogen-bond acceptors (Lipinski definition) is 4. The monoisotopic (exact) mass is 361 g/mol. The van der Waals surface area contributed by atoms with Crippen molar-refractivity contribution in [3.63, 3.8) is 0 Å². The Morgan fingerprint density at radius 3 is 2.40 bits per heavy atom. The molecule has 0 aliphatic carbocycles. The second kappa shape index (κ2) is 8.16. The van der Waals surface area contributed by atoms with Gasteiger partial charge in [-0.1, -0.05) is 31.2 Å². The van der Waals surface area contributed by atoms with Gasteiger partial charge in [0.2, 0.25) is 0 Å². The molecule has 1 N–H and O–H groups in total. The van der Waals surface area contributed by atoms with Crippen molar-refractivity contribution < 1.29 is 17.9 Å². The van der Waals surface area contributed by atoms with E-state index in [-0.39, 0.29) is 23.5 Å². The Labute approximate surface area is 148 Å². The van der Waals surface area contributed by atoms with E-state index in [1.165, 1.54) is 6.26 Å². The van der Waals surface area contributed by atoms with E-state index >= 15 is 0 Å². The predicted molar refractivity (Wildman–Crippen MR) is 97.4 cm³/mol. The van der Waals surface area contributed by atoms with Crippen molar-refractivity contribution in [2.24, 2.45) is 0 Å². The number of ether oxygens (including phenoxy) is 1. The smallest absolute Gasteiger partial charge is 0.258 e. The van der Waals surface area contributed by atoms with E-state index in [9.17, 15) is 13.2 Å². The van der Waals surface area contributed by atoms with Crippen molar-refractivity contribution in [1.29, 1.82) is 0 Å². The maximum atomic E-state index is 12.1. The first kappa shape index (κ1) is 19.0. The van der Waals surface area contributed by atoms with Crippen molar-refractivity contribution in [2.75, 3.05) is 12.9 Å². The lowest BCUT2D eigenvalue weighted by atomic mass is 10.0. The molecule has 2 rings (SSSR count). The van der Waals surface area contributed by atoms with Crippen LogP contribution in [0.25, 0.3) is 0 Å². The zero-order valence-corrected chi connectivity index (χ0v) is 15.5. The summed E-state index contributed by atoms with van der Waals surface area (Å²) in [7, 11) is -3.23. The van der Waals surface area contributed by atoms with Gasteiger partial charge in [0, 0.05) is 6.26 Å². The molecule has 0 heterocycles. The topological polar surface area (TPSA) is 72.5 Å². The van der Waals surface area contributed by atoms with E-state index in [4.69, 9.17) is 4.74 Å². The maximum Gasteiger partial charge on any atom is 0.258 e. The molecule has 2 aromatic rings. The fourth-order valence-corrected chi connectivity index (χ4v) is 3.09. The Hall–Kier alpha value is -2.34. The molecule has 2 aromatic carbocycles. The SMILES string of the molecule is CC[C@H](NC(=O)COc1cccc(C)c1)c1ccc(S(C)(=O)=O)cc1. The Morgan fingerprint density at radius 1 is 1.16 bits per heavy atom. The third-order valence-electron chi connectivity index (χ3n) is 3.81. The summed E-state index contributed by atoms with van der Waals surface area (Å²) in [5.74, 6) is 0.432. The highest BCUT2D eigenvalue weighted by molar-refractivity contribution is 7.90. The van der Waals surface area contributed by atoms with Crippen LogP contribution >= 0.6 is 0 Å². The molecule has 0 unspecified atom stereocenters. The molecule has 5 nitrogen and oxygen atoms in total. The Balaban J connectivity index is 1.97. The molecule has 0 aliphatic rings. The summed E-state index contributed by atoms with van der Waals surface area (Å²) in [5, 5.41) is 2.91. The lowest BCUT2D eigenvalue weighted by Gasteiger charge is -2.18. The van der Waals surface area contributed by atoms with Crippen LogP contribution in [0.1, 0.15) is 30.5 Å². The van der Waals surface area contributed by atoms with Crippen molar-refractivity contribution in [3.8, 4) is 5.75 Å². The minimum Gasteiger partial charge on any atom is -0.484 e. The van der Waals surface area contributed by atoms with Crippen molar-refractivity contribution in [2.45, 2.75) is 31.2 Å². The van der Waals surface area contributed by atoms with Crippen LogP contribution < -0.4 is 10.1 Å². The molecular weight excluding hydrogens is 338 g/mol. The summed E-state index contributed by atoms with van der Waals surface area (Å²) in [6.07, 6.45) is 1.86. The Morgan fingerprint density at radius 2 is 1.84 bits per heavy atom. The predicted octanol–water partition coefficient (Wildman–Crippen LogP) is 3.04. The largest absolute Gasteiger partial charge is 0.484 e. The molecule has 0 fully saturated rings. The zero-order chi connectivity index (χ0) is 18.4. The van der Waals surface area contributed by atoms with E-state index < -0.39 is 9.84 Å². The molecule has 6 heteroatoms. The van der Waals surface area contributed by atoms with Crippen LogP contribution in [-0.4, -0.2) is 27.2 Å². The molecule has 1 atom stereocenters. The van der Waals surface area contributed by atoms with Crippen LogP contribution in [0.4, 0.5) is 0 Å². The number of carbonyl (C=O) groups is 1. The van der Waals surface area contributed by atoms with Crippen LogP contribution in [0.5, 0.6) is 5.75 Å². The van der Waals surface area contributed by atoms with Gasteiger partial charge >= 0.3 is 0 Å². The van der Waals surface area contributed by atoms with E-state index in [2.05, 4.69) is 5.32 Å². The molecule has 0 aliphatic heterocycles. The van der Waals surface area contributed by atoms with Gasteiger partial charge in [0.15, 0.2) is 16.4 Å². The zero-order valence-electron chi connectivity index (χ0n) is 14.7. The van der Waals surface area contributed by atoms with E-state index in [1.807, 2.05) is 38.1 Å². The minimum absolute atomic E-state index is 0.0681. The molecule has 0 spiro atoms. The molecule has 0 saturated carbocycles. The van der Waals surface area contributed by atoms with Crippen molar-refractivity contribution >= 4 is 15.7 Å². The third-order valence-corrected chi connectivity index (χ3v) is 4.94. The van der Waals surface area contributed by atoms with E-state index in [0.717, 1.165) is 11.1 Å². The van der Waals surface area contributed by atoms with Gasteiger partial charge in [-0.15, -0.1) is 0 Å². The summed E-state index contributed by atoms with van der Waals surface area (Å²) < 4.78 is 28.5. The number of carbonyl (C=O) groups excluding carboxylic acids is 1. The summed E-state index contributed by atoms with van der Waals surface area (Å²) >= 11 is 0. The summed E-state index contributed by atoms with van der Waals surface area (Å²) in [6, 6.07) is 13.9. The first-order chi connectivity index (χ1) is 11.8. The number of sulfone groups is 1. The molecule has 134 valence electrons. The average Bonchev–Trinajstić information content (AvgIpc) is 2.57. The minimum atomic E-state index is -3.23. The second-order valence-electron chi connectivity index (χ2n) is 5.97. The van der Waals surface area contributed by atoms with Crippen LogP contribution in [0.15, 0.2) is 53.4 Å². The fourth-order valence-electron chi connectivity index (χ4n) is 2.46. The van der Waals surface area contributed by atoms with Gasteiger partial charge in [0.1, 0.15) is 5.75 Å². The van der Waals surface area contributed by atoms with Crippen LogP contribution in [0.2, 0.25) is 0 Å². The molecule has 0 saturated heterocycles. The number of hydrogen-bond donors (Lipinski definition) is 1. The Kier molecular flexibility index (Phi) is 6.20. The third kappa shape index (κ3) is 5.60. The highest BCUT2D eigenvalue weighted by Crippen LogP contribution is 2.19. The molecular formula is C19H23NO4S. The van der Waals surface area contributed by atoms with Gasteiger partial charge in [0.25, 0.3) is 5.91 Å². The first-order valence-electron chi connectivity index (χ1n) is 8.08. The van der Waals surface area contributed by atoms with Gasteiger partial charge in [-0.3, -0.25) is 4.79 Å². The van der Waals surface area contributed by atoms with Gasteiger partial charge in [0.05, 0.1) is 10.9 Å². The van der Waals surface area contributed by atoms with Crippen molar-refractivity contribution in [1.82, 2.24) is 5.32 Å². The van der Waals surface area contributed by atoms with Gasteiger partial charge in [-0.25, -0.2) is 8.42 Å². The highest BCUT2D eigenvalue weighted by Gasteiger charge is 2.14.